The lowest BCUT2D eigenvalue weighted by atomic mass is 9.95. The van der Waals surface area contributed by atoms with Crippen molar-refractivity contribution >= 4 is 22.0 Å². The van der Waals surface area contributed by atoms with E-state index >= 15 is 0 Å². The van der Waals surface area contributed by atoms with Crippen molar-refractivity contribution in [1.82, 2.24) is 20.5 Å². The summed E-state index contributed by atoms with van der Waals surface area (Å²) < 4.78 is 14.3. The minimum atomic E-state index is -0.260. The monoisotopic (exact) mass is 568 g/mol. The van der Waals surface area contributed by atoms with Crippen molar-refractivity contribution < 1.29 is 4.39 Å². The van der Waals surface area contributed by atoms with E-state index in [1.54, 1.807) is 12.1 Å². The molecule has 0 atom stereocenters. The van der Waals surface area contributed by atoms with Crippen molar-refractivity contribution in [2.45, 2.75) is 27.3 Å². The lowest BCUT2D eigenvalue weighted by Crippen LogP contribution is -2.15. The van der Waals surface area contributed by atoms with Gasteiger partial charge >= 0.3 is 0 Å². The summed E-state index contributed by atoms with van der Waals surface area (Å²) in [6.45, 7) is 15.4. The van der Waals surface area contributed by atoms with Crippen molar-refractivity contribution in [3.05, 3.63) is 161 Å². The van der Waals surface area contributed by atoms with Crippen molar-refractivity contribution in [2.75, 3.05) is 6.54 Å². The molecule has 0 radical (unpaired) electrons. The largest absolute Gasteiger partial charge is 0.357 e. The Morgan fingerprint density at radius 1 is 0.977 bits per heavy atom. The molecule has 5 rings (SSSR count). The number of benzene rings is 3. The predicted molar refractivity (Wildman–Crippen MR) is 179 cm³/mol. The predicted octanol–water partition coefficient (Wildman–Crippen LogP) is 9.24. The second-order valence-corrected chi connectivity index (χ2v) is 10.6. The first kappa shape index (κ1) is 29.5. The van der Waals surface area contributed by atoms with Crippen molar-refractivity contribution in [3.8, 4) is 11.4 Å². The van der Waals surface area contributed by atoms with E-state index in [0.717, 1.165) is 73.5 Å². The summed E-state index contributed by atoms with van der Waals surface area (Å²) in [7, 11) is 0. The normalized spacial score (nSPS) is 12.6. The Morgan fingerprint density at radius 2 is 1.79 bits per heavy atom. The molecule has 0 saturated heterocycles. The summed E-state index contributed by atoms with van der Waals surface area (Å²) in [5, 5.41) is 12.4. The topological polar surface area (TPSA) is 56.5 Å². The van der Waals surface area contributed by atoms with Crippen molar-refractivity contribution in [2.24, 2.45) is 0 Å². The maximum atomic E-state index is 14.3. The summed E-state index contributed by atoms with van der Waals surface area (Å²) in [6, 6.07) is 23.9. The number of aryl methyl sites for hydroxylation is 2. The maximum Gasteiger partial charge on any atom is 0.124 e. The zero-order valence-electron chi connectivity index (χ0n) is 25.0. The number of allylic oxidation sites excluding steroid dienone is 5. The molecule has 2 aromatic heterocycles. The molecule has 216 valence electrons. The van der Waals surface area contributed by atoms with E-state index in [2.05, 4.69) is 94.3 Å². The van der Waals surface area contributed by atoms with Gasteiger partial charge in [0, 0.05) is 29.7 Å². The summed E-state index contributed by atoms with van der Waals surface area (Å²) in [5.74, 6) is -0.260. The molecule has 0 fully saturated rings. The number of rotatable bonds is 11. The van der Waals surface area contributed by atoms with Crippen molar-refractivity contribution in [1.29, 1.82) is 0 Å². The molecule has 0 bridgehead atoms. The van der Waals surface area contributed by atoms with Crippen LogP contribution in [0.2, 0.25) is 0 Å². The van der Waals surface area contributed by atoms with E-state index in [-0.39, 0.29) is 5.82 Å². The number of halogens is 1. The van der Waals surface area contributed by atoms with Crippen LogP contribution in [0.5, 0.6) is 0 Å². The third-order valence-corrected chi connectivity index (χ3v) is 7.51. The number of nitrogens with one attached hydrogen (secondary N) is 3. The zero-order valence-corrected chi connectivity index (χ0v) is 25.0. The maximum absolute atomic E-state index is 14.3. The highest BCUT2D eigenvalue weighted by Crippen LogP contribution is 2.34. The van der Waals surface area contributed by atoms with Crippen LogP contribution in [0.1, 0.15) is 40.4 Å². The standard InChI is InChI=1S/C38H37FN4/c1-6-12-33(31-17-25(4)18-32(39)20-31)34-22-37(41-26(34)5)38-35-21-30(15-16-36(35)42-43-38)29(8-3)19-27(7-2)23-40-24-28-13-10-9-11-14-28/h6-22,40-41H,1-2,23-24H2,3-5H3,(H,42,43)/b27-19+,29-8+,33-12-. The van der Waals surface area contributed by atoms with Gasteiger partial charge in [0.2, 0.25) is 0 Å². The van der Waals surface area contributed by atoms with E-state index in [1.165, 1.54) is 11.6 Å². The first-order chi connectivity index (χ1) is 20.9. The molecule has 4 nitrogen and oxygen atoms in total. The highest BCUT2D eigenvalue weighted by Gasteiger charge is 2.17. The van der Waals surface area contributed by atoms with E-state index in [9.17, 15) is 4.39 Å². The molecular weight excluding hydrogens is 531 g/mol. The van der Waals surface area contributed by atoms with Gasteiger partial charge in [-0.3, -0.25) is 5.10 Å². The quantitative estimate of drug-likeness (QED) is 0.139. The molecule has 0 aliphatic carbocycles. The minimum absolute atomic E-state index is 0.260. The van der Waals surface area contributed by atoms with Gasteiger partial charge in [0.25, 0.3) is 0 Å². The molecule has 5 heteroatoms. The fraction of sp³-hybridized carbons (Fsp3) is 0.132. The Labute approximate surface area is 253 Å². The molecule has 3 N–H and O–H groups in total. The fourth-order valence-corrected chi connectivity index (χ4v) is 5.38. The van der Waals surface area contributed by atoms with E-state index in [0.29, 0.717) is 6.54 Å². The Balaban J connectivity index is 1.45. The molecule has 0 aliphatic rings. The number of H-pyrrole nitrogens is 2. The Morgan fingerprint density at radius 3 is 2.51 bits per heavy atom. The van der Waals surface area contributed by atoms with Gasteiger partial charge < -0.3 is 10.3 Å². The minimum Gasteiger partial charge on any atom is -0.357 e. The van der Waals surface area contributed by atoms with Gasteiger partial charge in [-0.2, -0.15) is 5.10 Å². The fourth-order valence-electron chi connectivity index (χ4n) is 5.38. The third-order valence-electron chi connectivity index (χ3n) is 7.51. The molecule has 0 aliphatic heterocycles. The Kier molecular flexibility index (Phi) is 9.14. The molecule has 3 aromatic carbocycles. The van der Waals surface area contributed by atoms with Crippen LogP contribution in [-0.4, -0.2) is 21.7 Å². The number of aromatic amines is 2. The molecule has 5 aromatic rings. The third kappa shape index (κ3) is 6.74. The molecular formula is C38H37FN4. The first-order valence-electron chi connectivity index (χ1n) is 14.4. The lowest BCUT2D eigenvalue weighted by molar-refractivity contribution is 0.626. The summed E-state index contributed by atoms with van der Waals surface area (Å²) in [6.07, 6.45) is 9.85. The van der Waals surface area contributed by atoms with Crippen LogP contribution >= 0.6 is 0 Å². The molecule has 2 heterocycles. The van der Waals surface area contributed by atoms with Crippen LogP contribution in [0.25, 0.3) is 33.4 Å². The summed E-state index contributed by atoms with van der Waals surface area (Å²) >= 11 is 0. The second kappa shape index (κ2) is 13.3. The van der Waals surface area contributed by atoms with Crippen LogP contribution in [0, 0.1) is 19.7 Å². The lowest BCUT2D eigenvalue weighted by Gasteiger charge is -2.09. The average Bonchev–Trinajstić information content (AvgIpc) is 3.60. The molecule has 43 heavy (non-hydrogen) atoms. The smallest absolute Gasteiger partial charge is 0.124 e. The average molecular weight is 569 g/mol. The van der Waals surface area contributed by atoms with Gasteiger partial charge in [-0.15, -0.1) is 0 Å². The van der Waals surface area contributed by atoms with E-state index in [1.807, 2.05) is 45.1 Å². The van der Waals surface area contributed by atoms with Crippen LogP contribution in [0.3, 0.4) is 0 Å². The highest BCUT2D eigenvalue weighted by molar-refractivity contribution is 5.96. The Hall–Kier alpha value is -5.00. The number of nitrogens with zero attached hydrogens (tertiary/aromatic N) is 1. The van der Waals surface area contributed by atoms with Gasteiger partial charge in [0.15, 0.2) is 0 Å². The van der Waals surface area contributed by atoms with Crippen LogP contribution < -0.4 is 5.32 Å². The number of hydrogen-bond acceptors (Lipinski definition) is 2. The van der Waals surface area contributed by atoms with Gasteiger partial charge in [-0.05, 0) is 90.1 Å². The molecule has 0 amide bonds. The number of aromatic nitrogens is 3. The van der Waals surface area contributed by atoms with Gasteiger partial charge in [-0.25, -0.2) is 4.39 Å². The summed E-state index contributed by atoms with van der Waals surface area (Å²) in [5.41, 5.74) is 11.7. The number of hydrogen-bond donors (Lipinski definition) is 3. The van der Waals surface area contributed by atoms with Gasteiger partial charge in [0.1, 0.15) is 11.5 Å². The SMILES string of the molecule is C=C/C=C(/c1cc(C)cc(F)c1)c1cc(-c2n[nH]c3ccc(C(/C=C(\C=C)CNCc4ccccc4)=C/C)cc23)[nH]c1C. The van der Waals surface area contributed by atoms with E-state index < -0.39 is 0 Å². The van der Waals surface area contributed by atoms with Crippen LogP contribution in [0.4, 0.5) is 4.39 Å². The second-order valence-electron chi connectivity index (χ2n) is 10.6. The number of fused-ring (bicyclic) bond motifs is 1. The van der Waals surface area contributed by atoms with Crippen LogP contribution in [0.15, 0.2) is 122 Å². The zero-order chi connectivity index (χ0) is 30.3. The molecule has 0 unspecified atom stereocenters. The van der Waals surface area contributed by atoms with E-state index in [4.69, 9.17) is 0 Å². The Bertz CT molecular complexity index is 1840. The summed E-state index contributed by atoms with van der Waals surface area (Å²) in [4.78, 5) is 3.52. The highest BCUT2D eigenvalue weighted by atomic mass is 19.1. The molecule has 0 saturated carbocycles. The van der Waals surface area contributed by atoms with Crippen molar-refractivity contribution in [3.63, 3.8) is 0 Å². The van der Waals surface area contributed by atoms with Gasteiger partial charge in [-0.1, -0.05) is 86.0 Å². The van der Waals surface area contributed by atoms with Crippen LogP contribution in [-0.2, 0) is 6.54 Å². The first-order valence-corrected chi connectivity index (χ1v) is 14.4. The van der Waals surface area contributed by atoms with Gasteiger partial charge in [0.05, 0.1) is 11.2 Å². The molecule has 0 spiro atoms.